The maximum absolute atomic E-state index is 12.3. The van der Waals surface area contributed by atoms with Gasteiger partial charge in [0, 0.05) is 18.0 Å². The quantitative estimate of drug-likeness (QED) is 0.642. The van der Waals surface area contributed by atoms with E-state index >= 15 is 0 Å². The monoisotopic (exact) mass is 391 g/mol. The number of rotatable bonds is 6. The van der Waals surface area contributed by atoms with Crippen LogP contribution in [0.3, 0.4) is 0 Å². The molecule has 1 saturated heterocycles. The molecule has 3 aromatic rings. The van der Waals surface area contributed by atoms with E-state index in [1.807, 2.05) is 48.5 Å². The van der Waals surface area contributed by atoms with E-state index in [1.165, 1.54) is 36.9 Å². The maximum atomic E-state index is 12.3. The number of hydrogen-bond donors (Lipinski definition) is 1. The van der Waals surface area contributed by atoms with Gasteiger partial charge in [0.15, 0.2) is 0 Å². The molecule has 0 saturated carbocycles. The minimum Gasteiger partial charge on any atom is -0.494 e. The molecule has 1 aliphatic rings. The van der Waals surface area contributed by atoms with Crippen molar-refractivity contribution in [3.63, 3.8) is 0 Å². The molecule has 152 valence electrons. The van der Waals surface area contributed by atoms with Crippen molar-refractivity contribution in [1.29, 1.82) is 0 Å². The lowest BCUT2D eigenvalue weighted by atomic mass is 9.98. The highest BCUT2D eigenvalue weighted by Crippen LogP contribution is 2.26. The van der Waals surface area contributed by atoms with Crippen LogP contribution in [0.5, 0.6) is 5.75 Å². The molecular weight excluding hydrogens is 362 g/mol. The zero-order valence-electron chi connectivity index (χ0n) is 17.1. The van der Waals surface area contributed by atoms with Crippen molar-refractivity contribution in [2.24, 2.45) is 13.0 Å². The first-order valence-electron chi connectivity index (χ1n) is 10.6. The number of nitrogens with one attached hydrogen (secondary N) is 1. The van der Waals surface area contributed by atoms with Gasteiger partial charge in [-0.3, -0.25) is 4.79 Å². The molecule has 1 fully saturated rings. The minimum absolute atomic E-state index is 0.0758. The molecule has 1 unspecified atom stereocenters. The van der Waals surface area contributed by atoms with Crippen LogP contribution >= 0.6 is 0 Å². The van der Waals surface area contributed by atoms with Crippen LogP contribution in [-0.4, -0.2) is 29.5 Å². The zero-order chi connectivity index (χ0) is 20.1. The summed E-state index contributed by atoms with van der Waals surface area (Å²) in [5.74, 6) is 1.66. The molecule has 29 heavy (non-hydrogen) atoms. The van der Waals surface area contributed by atoms with E-state index in [2.05, 4.69) is 10.4 Å². The van der Waals surface area contributed by atoms with Gasteiger partial charge in [-0.25, -0.2) is 4.68 Å². The summed E-state index contributed by atoms with van der Waals surface area (Å²) < 4.78 is 7.36. The molecule has 2 heterocycles. The van der Waals surface area contributed by atoms with Crippen molar-refractivity contribution in [2.45, 2.75) is 32.1 Å². The van der Waals surface area contributed by atoms with Gasteiger partial charge in [0.25, 0.3) is 5.56 Å². The lowest BCUT2D eigenvalue weighted by Gasteiger charge is -2.14. The van der Waals surface area contributed by atoms with Crippen LogP contribution in [0, 0.1) is 5.92 Å². The Bertz CT molecular complexity index is 1000. The number of benzene rings is 2. The van der Waals surface area contributed by atoms with E-state index in [9.17, 15) is 4.79 Å². The second-order valence-electron chi connectivity index (χ2n) is 7.90. The van der Waals surface area contributed by atoms with Crippen LogP contribution in [0.25, 0.3) is 22.0 Å². The third-order valence-electron chi connectivity index (χ3n) is 5.76. The molecule has 0 aliphatic carbocycles. The van der Waals surface area contributed by atoms with Crippen LogP contribution < -0.4 is 15.6 Å². The van der Waals surface area contributed by atoms with Gasteiger partial charge < -0.3 is 10.1 Å². The van der Waals surface area contributed by atoms with Gasteiger partial charge in [-0.05, 0) is 75.0 Å². The van der Waals surface area contributed by atoms with Gasteiger partial charge in [-0.15, -0.1) is 0 Å². The van der Waals surface area contributed by atoms with Crippen molar-refractivity contribution < 1.29 is 4.74 Å². The molecule has 1 aromatic heterocycles. The maximum Gasteiger partial charge on any atom is 0.274 e. The van der Waals surface area contributed by atoms with E-state index < -0.39 is 0 Å². The highest BCUT2D eigenvalue weighted by Gasteiger charge is 2.12. The summed E-state index contributed by atoms with van der Waals surface area (Å²) in [7, 11) is 1.69. The highest BCUT2D eigenvalue weighted by molar-refractivity contribution is 5.93. The van der Waals surface area contributed by atoms with E-state index in [4.69, 9.17) is 4.74 Å². The Morgan fingerprint density at radius 1 is 1.10 bits per heavy atom. The fraction of sp³-hybridized carbons (Fsp3) is 0.417. The molecule has 0 bridgehead atoms. The Labute approximate surface area is 171 Å². The topological polar surface area (TPSA) is 56.1 Å². The molecule has 2 aromatic carbocycles. The van der Waals surface area contributed by atoms with Gasteiger partial charge in [0.1, 0.15) is 5.75 Å². The predicted octanol–water partition coefficient (Wildman–Crippen LogP) is 4.15. The van der Waals surface area contributed by atoms with E-state index in [-0.39, 0.29) is 5.56 Å². The van der Waals surface area contributed by atoms with Gasteiger partial charge in [0.2, 0.25) is 0 Å². The molecule has 5 heteroatoms. The van der Waals surface area contributed by atoms with Gasteiger partial charge in [-0.1, -0.05) is 24.6 Å². The Morgan fingerprint density at radius 2 is 1.90 bits per heavy atom. The number of aromatic nitrogens is 2. The molecule has 1 atom stereocenters. The predicted molar refractivity (Wildman–Crippen MR) is 117 cm³/mol. The van der Waals surface area contributed by atoms with Crippen LogP contribution in [0.15, 0.2) is 53.3 Å². The SMILES string of the molecule is Cn1nc(-c2ccc(OCCCC3CCCCNC3)cc2)c2ccccc2c1=O. The molecule has 4 rings (SSSR count). The Balaban J connectivity index is 1.40. The number of nitrogens with zero attached hydrogens (tertiary/aromatic N) is 2. The average Bonchev–Trinajstić information content (AvgIpc) is 3.03. The van der Waals surface area contributed by atoms with Gasteiger partial charge in [-0.2, -0.15) is 5.10 Å². The number of fused-ring (bicyclic) bond motifs is 1. The van der Waals surface area contributed by atoms with E-state index in [0.29, 0.717) is 5.39 Å². The smallest absolute Gasteiger partial charge is 0.274 e. The van der Waals surface area contributed by atoms with Crippen molar-refractivity contribution in [3.8, 4) is 17.0 Å². The fourth-order valence-corrected chi connectivity index (χ4v) is 4.12. The van der Waals surface area contributed by atoms with Crippen molar-refractivity contribution in [1.82, 2.24) is 15.1 Å². The first kappa shape index (κ1) is 19.6. The average molecular weight is 392 g/mol. The molecular formula is C24H29N3O2. The summed E-state index contributed by atoms with van der Waals surface area (Å²) in [5, 5.41) is 9.59. The highest BCUT2D eigenvalue weighted by atomic mass is 16.5. The first-order chi connectivity index (χ1) is 14.2. The lowest BCUT2D eigenvalue weighted by Crippen LogP contribution is -2.20. The standard InChI is InChI=1S/C24H29N3O2/c1-27-24(28)22-10-3-2-9-21(22)23(26-27)19-11-13-20(14-12-19)29-16-6-8-18-7-4-5-15-25-17-18/h2-3,9-14,18,25H,4-8,15-17H2,1H3. The molecule has 0 radical (unpaired) electrons. The Hall–Kier alpha value is -2.66. The fourth-order valence-electron chi connectivity index (χ4n) is 4.12. The zero-order valence-corrected chi connectivity index (χ0v) is 17.1. The van der Waals surface area contributed by atoms with Crippen LogP contribution in [0.2, 0.25) is 0 Å². The second kappa shape index (κ2) is 9.23. The number of hydrogen-bond acceptors (Lipinski definition) is 4. The summed E-state index contributed by atoms with van der Waals surface area (Å²) in [5.41, 5.74) is 1.72. The minimum atomic E-state index is -0.0758. The second-order valence-corrected chi connectivity index (χ2v) is 7.90. The van der Waals surface area contributed by atoms with Crippen LogP contribution in [0.1, 0.15) is 32.1 Å². The van der Waals surface area contributed by atoms with Gasteiger partial charge >= 0.3 is 0 Å². The molecule has 1 aliphatic heterocycles. The molecule has 0 amide bonds. The number of ether oxygens (including phenoxy) is 1. The molecule has 0 spiro atoms. The lowest BCUT2D eigenvalue weighted by molar-refractivity contribution is 0.288. The summed E-state index contributed by atoms with van der Waals surface area (Å²) in [6, 6.07) is 15.6. The summed E-state index contributed by atoms with van der Waals surface area (Å²) in [6.07, 6.45) is 6.29. The first-order valence-corrected chi connectivity index (χ1v) is 10.6. The summed E-state index contributed by atoms with van der Waals surface area (Å²) >= 11 is 0. The van der Waals surface area contributed by atoms with Crippen molar-refractivity contribution in [2.75, 3.05) is 19.7 Å². The molecule has 1 N–H and O–H groups in total. The van der Waals surface area contributed by atoms with Crippen molar-refractivity contribution in [3.05, 3.63) is 58.9 Å². The Kier molecular flexibility index (Phi) is 6.25. The largest absolute Gasteiger partial charge is 0.494 e. The third-order valence-corrected chi connectivity index (χ3v) is 5.76. The van der Waals surface area contributed by atoms with Gasteiger partial charge in [0.05, 0.1) is 17.7 Å². The third kappa shape index (κ3) is 4.67. The summed E-state index contributed by atoms with van der Waals surface area (Å²) in [4.78, 5) is 12.3. The van der Waals surface area contributed by atoms with E-state index in [0.717, 1.165) is 47.9 Å². The van der Waals surface area contributed by atoms with Crippen molar-refractivity contribution >= 4 is 10.8 Å². The summed E-state index contributed by atoms with van der Waals surface area (Å²) in [6.45, 7) is 3.06. The Morgan fingerprint density at radius 3 is 2.72 bits per heavy atom. The van der Waals surface area contributed by atoms with E-state index in [1.54, 1.807) is 7.05 Å². The van der Waals surface area contributed by atoms with Crippen LogP contribution in [-0.2, 0) is 7.05 Å². The normalized spacial score (nSPS) is 17.2. The van der Waals surface area contributed by atoms with Crippen LogP contribution in [0.4, 0.5) is 0 Å². The number of aryl methyl sites for hydroxylation is 1. The molecule has 5 nitrogen and oxygen atoms in total.